The van der Waals surface area contributed by atoms with Crippen molar-refractivity contribution in [3.05, 3.63) is 23.7 Å². The summed E-state index contributed by atoms with van der Waals surface area (Å²) in [7, 11) is 1.49. The van der Waals surface area contributed by atoms with Crippen LogP contribution in [0.1, 0.15) is 23.2 Å². The van der Waals surface area contributed by atoms with Crippen molar-refractivity contribution in [1.82, 2.24) is 15.5 Å². The van der Waals surface area contributed by atoms with E-state index < -0.39 is 12.0 Å². The fourth-order valence-corrected chi connectivity index (χ4v) is 1.44. The summed E-state index contributed by atoms with van der Waals surface area (Å²) < 4.78 is 5.00. The van der Waals surface area contributed by atoms with Crippen LogP contribution in [0.25, 0.3) is 0 Å². The van der Waals surface area contributed by atoms with E-state index in [-0.39, 0.29) is 24.8 Å². The summed E-state index contributed by atoms with van der Waals surface area (Å²) in [6, 6.07) is 2.36. The lowest BCUT2D eigenvalue weighted by molar-refractivity contribution is -0.121. The Hall–Kier alpha value is -2.51. The van der Waals surface area contributed by atoms with Crippen LogP contribution in [0.3, 0.4) is 0 Å². The zero-order valence-corrected chi connectivity index (χ0v) is 11.3. The van der Waals surface area contributed by atoms with E-state index in [0.717, 1.165) is 0 Å². The third-order valence-electron chi connectivity index (χ3n) is 2.57. The molecule has 1 heterocycles. The number of hydrogen-bond donors (Lipinski definition) is 3. The predicted octanol–water partition coefficient (Wildman–Crippen LogP) is 0.255. The van der Waals surface area contributed by atoms with Crippen LogP contribution in [0, 0.1) is 0 Å². The van der Waals surface area contributed by atoms with Gasteiger partial charge in [0.15, 0.2) is 0 Å². The maximum absolute atomic E-state index is 11.8. The fraction of sp³-hybridized carbons (Fsp3) is 0.417. The van der Waals surface area contributed by atoms with Gasteiger partial charge in [-0.3, -0.25) is 4.79 Å². The molecule has 1 rings (SSSR count). The minimum atomic E-state index is -1.17. The number of carboxylic acids is 1. The number of likely N-dealkylation sites (N-methyl/N-ethyl adjacent to an activating group) is 2. The van der Waals surface area contributed by atoms with Crippen LogP contribution in [0.5, 0.6) is 0 Å². The Labute approximate surface area is 115 Å². The second kappa shape index (κ2) is 7.17. The number of amides is 3. The van der Waals surface area contributed by atoms with Crippen LogP contribution in [0.4, 0.5) is 4.79 Å². The molecule has 8 heteroatoms. The molecule has 3 amide bonds. The van der Waals surface area contributed by atoms with Gasteiger partial charge in [-0.1, -0.05) is 0 Å². The number of hydrogen-bond acceptors (Lipinski definition) is 4. The molecule has 0 unspecified atom stereocenters. The van der Waals surface area contributed by atoms with Gasteiger partial charge in [0, 0.05) is 13.6 Å². The Morgan fingerprint density at radius 2 is 2.05 bits per heavy atom. The second-order valence-electron chi connectivity index (χ2n) is 3.92. The van der Waals surface area contributed by atoms with Gasteiger partial charge in [0.25, 0.3) is 0 Å². The van der Waals surface area contributed by atoms with Crippen LogP contribution >= 0.6 is 0 Å². The lowest BCUT2D eigenvalue weighted by atomic mass is 10.4. The zero-order chi connectivity index (χ0) is 15.1. The van der Waals surface area contributed by atoms with E-state index in [9.17, 15) is 14.4 Å². The first kappa shape index (κ1) is 15.5. The van der Waals surface area contributed by atoms with Gasteiger partial charge in [0.2, 0.25) is 11.7 Å². The summed E-state index contributed by atoms with van der Waals surface area (Å²) in [5.74, 6) is -1.30. The van der Waals surface area contributed by atoms with E-state index in [1.165, 1.54) is 24.1 Å². The monoisotopic (exact) mass is 283 g/mol. The lowest BCUT2D eigenvalue weighted by Gasteiger charge is -2.19. The van der Waals surface area contributed by atoms with Crippen molar-refractivity contribution in [3.8, 4) is 0 Å². The first-order valence-corrected chi connectivity index (χ1v) is 6.03. The average molecular weight is 283 g/mol. The Morgan fingerprint density at radius 3 is 2.55 bits per heavy atom. The maximum Gasteiger partial charge on any atom is 0.371 e. The number of aromatic carboxylic acids is 1. The number of carbonyl (C=O) groups is 3. The van der Waals surface area contributed by atoms with E-state index in [1.807, 2.05) is 0 Å². The highest BCUT2D eigenvalue weighted by molar-refractivity contribution is 5.84. The Morgan fingerprint density at radius 1 is 1.35 bits per heavy atom. The molecule has 0 fully saturated rings. The van der Waals surface area contributed by atoms with Gasteiger partial charge < -0.3 is 25.1 Å². The smallest absolute Gasteiger partial charge is 0.371 e. The van der Waals surface area contributed by atoms with Crippen LogP contribution in [-0.2, 0) is 11.3 Å². The molecule has 8 nitrogen and oxygen atoms in total. The number of rotatable bonds is 6. The molecule has 1 aromatic heterocycles. The molecule has 0 aliphatic carbocycles. The Balaban J connectivity index is 2.51. The van der Waals surface area contributed by atoms with Crippen molar-refractivity contribution in [2.75, 3.05) is 20.1 Å². The van der Waals surface area contributed by atoms with E-state index in [4.69, 9.17) is 9.52 Å². The summed E-state index contributed by atoms with van der Waals surface area (Å²) >= 11 is 0. The molecule has 20 heavy (non-hydrogen) atoms. The van der Waals surface area contributed by atoms with E-state index in [1.54, 1.807) is 6.92 Å². The molecule has 0 saturated heterocycles. The van der Waals surface area contributed by atoms with Gasteiger partial charge in [-0.2, -0.15) is 0 Å². The van der Waals surface area contributed by atoms with E-state index in [0.29, 0.717) is 12.3 Å². The van der Waals surface area contributed by atoms with Crippen molar-refractivity contribution in [2.45, 2.75) is 13.5 Å². The number of urea groups is 1. The van der Waals surface area contributed by atoms with Gasteiger partial charge in [0.05, 0.1) is 6.54 Å². The normalized spacial score (nSPS) is 9.90. The number of nitrogens with zero attached hydrogens (tertiary/aromatic N) is 1. The van der Waals surface area contributed by atoms with Crippen molar-refractivity contribution in [2.24, 2.45) is 0 Å². The summed E-state index contributed by atoms with van der Waals surface area (Å²) in [6.45, 7) is 2.13. The van der Waals surface area contributed by atoms with Crippen LogP contribution in [-0.4, -0.2) is 48.1 Å². The van der Waals surface area contributed by atoms with Crippen molar-refractivity contribution in [3.63, 3.8) is 0 Å². The molecule has 0 spiro atoms. The molecule has 0 aromatic carbocycles. The van der Waals surface area contributed by atoms with Gasteiger partial charge in [-0.05, 0) is 19.1 Å². The van der Waals surface area contributed by atoms with Crippen molar-refractivity contribution < 1.29 is 23.9 Å². The predicted molar refractivity (Wildman–Crippen MR) is 69.2 cm³/mol. The molecule has 0 atom stereocenters. The Kier molecular flexibility index (Phi) is 5.57. The van der Waals surface area contributed by atoms with Gasteiger partial charge in [-0.15, -0.1) is 0 Å². The summed E-state index contributed by atoms with van der Waals surface area (Å²) in [5, 5.41) is 13.7. The number of carboxylic acid groups (broad SMARTS) is 1. The molecule has 0 bridgehead atoms. The van der Waals surface area contributed by atoms with Gasteiger partial charge >= 0.3 is 12.0 Å². The number of nitrogens with one attached hydrogen (secondary N) is 2. The summed E-state index contributed by atoms with van der Waals surface area (Å²) in [4.78, 5) is 35.0. The highest BCUT2D eigenvalue weighted by atomic mass is 16.4. The molecule has 0 radical (unpaired) electrons. The molecule has 1 aromatic rings. The molecular formula is C12H17N3O5. The minimum absolute atomic E-state index is 0.0443. The first-order valence-electron chi connectivity index (χ1n) is 6.03. The number of furan rings is 1. The lowest BCUT2D eigenvalue weighted by Crippen LogP contribution is -2.44. The molecule has 3 N–H and O–H groups in total. The summed E-state index contributed by atoms with van der Waals surface area (Å²) in [6.07, 6.45) is 0. The van der Waals surface area contributed by atoms with Crippen molar-refractivity contribution in [1.29, 1.82) is 0 Å². The van der Waals surface area contributed by atoms with Crippen LogP contribution in [0.2, 0.25) is 0 Å². The highest BCUT2D eigenvalue weighted by Crippen LogP contribution is 2.07. The minimum Gasteiger partial charge on any atom is -0.475 e. The Bertz CT molecular complexity index is 497. The van der Waals surface area contributed by atoms with E-state index in [2.05, 4.69) is 10.6 Å². The third kappa shape index (κ3) is 4.30. The highest BCUT2D eigenvalue weighted by Gasteiger charge is 2.15. The quantitative estimate of drug-likeness (QED) is 0.693. The fourth-order valence-electron chi connectivity index (χ4n) is 1.44. The SMILES string of the molecule is CCN(CC(=O)NC)C(=O)NCc1ccc(C(=O)O)o1. The zero-order valence-electron chi connectivity index (χ0n) is 11.3. The van der Waals surface area contributed by atoms with Crippen molar-refractivity contribution >= 4 is 17.9 Å². The standard InChI is InChI=1S/C12H17N3O5/c1-3-15(7-10(16)13-2)12(19)14-6-8-4-5-9(20-8)11(17)18/h4-5H,3,6-7H2,1-2H3,(H,13,16)(H,14,19)(H,17,18). The third-order valence-corrected chi connectivity index (χ3v) is 2.57. The van der Waals surface area contributed by atoms with Crippen LogP contribution in [0.15, 0.2) is 16.5 Å². The van der Waals surface area contributed by atoms with Gasteiger partial charge in [0.1, 0.15) is 12.3 Å². The average Bonchev–Trinajstić information content (AvgIpc) is 2.90. The largest absolute Gasteiger partial charge is 0.475 e. The molecule has 0 saturated carbocycles. The maximum atomic E-state index is 11.8. The molecule has 110 valence electrons. The molecular weight excluding hydrogens is 266 g/mol. The van der Waals surface area contributed by atoms with Gasteiger partial charge in [-0.25, -0.2) is 9.59 Å². The first-order chi connectivity index (χ1) is 9.47. The molecule has 0 aliphatic rings. The molecule has 0 aliphatic heterocycles. The second-order valence-corrected chi connectivity index (χ2v) is 3.92. The van der Waals surface area contributed by atoms with E-state index >= 15 is 0 Å². The van der Waals surface area contributed by atoms with Crippen LogP contribution < -0.4 is 10.6 Å². The number of carbonyl (C=O) groups excluding carboxylic acids is 2. The topological polar surface area (TPSA) is 112 Å². The summed E-state index contributed by atoms with van der Waals surface area (Å²) in [5.41, 5.74) is 0.